The van der Waals surface area contributed by atoms with Crippen LogP contribution >= 0.6 is 0 Å². The Balaban J connectivity index is 1.76. The highest BCUT2D eigenvalue weighted by molar-refractivity contribution is 6.04. The number of halogens is 1. The van der Waals surface area contributed by atoms with E-state index in [1.54, 1.807) is 18.2 Å². The first-order valence-corrected chi connectivity index (χ1v) is 8.70. The van der Waals surface area contributed by atoms with E-state index in [2.05, 4.69) is 34.4 Å². The molecule has 1 aromatic heterocycles. The lowest BCUT2D eigenvalue weighted by Crippen LogP contribution is -2.15. The third-order valence-electron chi connectivity index (χ3n) is 4.20. The first-order chi connectivity index (χ1) is 13.0. The average Bonchev–Trinajstić information content (AvgIpc) is 2.65. The predicted octanol–water partition coefficient (Wildman–Crippen LogP) is 5.04. The van der Waals surface area contributed by atoms with Gasteiger partial charge in [0, 0.05) is 18.1 Å². The molecule has 0 atom stereocenters. The minimum absolute atomic E-state index is 0.218. The van der Waals surface area contributed by atoms with Crippen molar-refractivity contribution in [3.05, 3.63) is 77.4 Å². The lowest BCUT2D eigenvalue weighted by Gasteiger charge is -2.16. The molecule has 5 nitrogen and oxygen atoms in total. The van der Waals surface area contributed by atoms with E-state index < -0.39 is 5.82 Å². The maximum Gasteiger partial charge on any atom is 0.258 e. The second-order valence-electron chi connectivity index (χ2n) is 6.55. The molecule has 27 heavy (non-hydrogen) atoms. The Morgan fingerprint density at radius 2 is 1.74 bits per heavy atom. The van der Waals surface area contributed by atoms with Gasteiger partial charge in [0.05, 0.1) is 11.3 Å². The molecule has 0 unspecified atom stereocenters. The average molecular weight is 364 g/mol. The normalized spacial score (nSPS) is 10.7. The van der Waals surface area contributed by atoms with Gasteiger partial charge in [-0.15, -0.1) is 0 Å². The minimum atomic E-state index is -0.399. The van der Waals surface area contributed by atoms with Crippen molar-refractivity contribution in [1.29, 1.82) is 0 Å². The molecule has 0 aliphatic heterocycles. The molecule has 1 amide bonds. The van der Waals surface area contributed by atoms with Crippen LogP contribution in [0, 0.1) is 12.7 Å². The molecule has 0 radical (unpaired) electrons. The first-order valence-electron chi connectivity index (χ1n) is 8.70. The monoisotopic (exact) mass is 364 g/mol. The van der Waals surface area contributed by atoms with Crippen LogP contribution in [0.4, 0.5) is 21.7 Å². The van der Waals surface area contributed by atoms with Crippen molar-refractivity contribution >= 4 is 23.2 Å². The topological polar surface area (TPSA) is 66.9 Å². The molecule has 1 heterocycles. The van der Waals surface area contributed by atoms with Crippen molar-refractivity contribution in [2.45, 2.75) is 26.7 Å². The fourth-order valence-corrected chi connectivity index (χ4v) is 2.72. The third-order valence-corrected chi connectivity index (χ3v) is 4.20. The number of nitrogens with zero attached hydrogens (tertiary/aromatic N) is 2. The Bertz CT molecular complexity index is 955. The van der Waals surface area contributed by atoms with Gasteiger partial charge in [0.25, 0.3) is 5.91 Å². The molecular weight excluding hydrogens is 343 g/mol. The summed E-state index contributed by atoms with van der Waals surface area (Å²) in [6.07, 6.45) is 2.83. The third kappa shape index (κ3) is 4.28. The van der Waals surface area contributed by atoms with Crippen LogP contribution in [-0.4, -0.2) is 15.9 Å². The molecule has 0 aliphatic rings. The maximum absolute atomic E-state index is 13.7. The quantitative estimate of drug-likeness (QED) is 0.665. The van der Waals surface area contributed by atoms with Crippen LogP contribution in [0.1, 0.15) is 41.3 Å². The standard InChI is InChI=1S/C21H21FN4O/c1-13(2)16-8-6-7-14(3)19(16)26-20(27)15-11-23-21(24-12-15)25-18-10-5-4-9-17(18)22/h4-13H,1-3H3,(H,26,27)(H,23,24,25). The molecule has 0 fully saturated rings. The number of aromatic nitrogens is 2. The van der Waals surface area contributed by atoms with E-state index in [4.69, 9.17) is 0 Å². The molecule has 2 N–H and O–H groups in total. The summed E-state index contributed by atoms with van der Waals surface area (Å²) in [5, 5.41) is 5.75. The minimum Gasteiger partial charge on any atom is -0.322 e. The fourth-order valence-electron chi connectivity index (χ4n) is 2.72. The van der Waals surface area contributed by atoms with Crippen LogP contribution in [0.5, 0.6) is 0 Å². The lowest BCUT2D eigenvalue weighted by molar-refractivity contribution is 0.102. The molecule has 6 heteroatoms. The summed E-state index contributed by atoms with van der Waals surface area (Å²) >= 11 is 0. The molecule has 3 rings (SSSR count). The Kier molecular flexibility index (Phi) is 5.45. The van der Waals surface area contributed by atoms with Gasteiger partial charge in [-0.1, -0.05) is 44.2 Å². The van der Waals surface area contributed by atoms with Gasteiger partial charge < -0.3 is 10.6 Å². The second-order valence-corrected chi connectivity index (χ2v) is 6.55. The smallest absolute Gasteiger partial charge is 0.258 e. The molecule has 0 saturated carbocycles. The molecule has 0 bridgehead atoms. The zero-order chi connectivity index (χ0) is 19.4. The summed E-state index contributed by atoms with van der Waals surface area (Å²) in [6, 6.07) is 12.2. The van der Waals surface area contributed by atoms with E-state index in [-0.39, 0.29) is 23.5 Å². The summed E-state index contributed by atoms with van der Waals surface area (Å²) in [5.41, 5.74) is 3.48. The van der Waals surface area contributed by atoms with Crippen LogP contribution in [-0.2, 0) is 0 Å². The van der Waals surface area contributed by atoms with E-state index in [0.717, 1.165) is 16.8 Å². The van der Waals surface area contributed by atoms with Crippen molar-refractivity contribution in [3.8, 4) is 0 Å². The van der Waals surface area contributed by atoms with Gasteiger partial charge in [-0.25, -0.2) is 14.4 Å². The van der Waals surface area contributed by atoms with Gasteiger partial charge in [0.2, 0.25) is 5.95 Å². The van der Waals surface area contributed by atoms with Crippen LogP contribution < -0.4 is 10.6 Å². The summed E-state index contributed by atoms with van der Waals surface area (Å²) < 4.78 is 13.7. The largest absolute Gasteiger partial charge is 0.322 e. The van der Waals surface area contributed by atoms with Gasteiger partial charge in [-0.2, -0.15) is 0 Å². The van der Waals surface area contributed by atoms with E-state index in [9.17, 15) is 9.18 Å². The van der Waals surface area contributed by atoms with Crippen molar-refractivity contribution in [2.24, 2.45) is 0 Å². The number of rotatable bonds is 5. The Morgan fingerprint density at radius 3 is 2.41 bits per heavy atom. The van der Waals surface area contributed by atoms with Crippen LogP contribution in [0.25, 0.3) is 0 Å². The number of amides is 1. The Morgan fingerprint density at radius 1 is 1.04 bits per heavy atom. The fraction of sp³-hybridized carbons (Fsp3) is 0.190. The zero-order valence-electron chi connectivity index (χ0n) is 15.5. The highest BCUT2D eigenvalue weighted by Gasteiger charge is 2.14. The van der Waals surface area contributed by atoms with Gasteiger partial charge in [-0.3, -0.25) is 4.79 Å². The summed E-state index contributed by atoms with van der Waals surface area (Å²) in [4.78, 5) is 20.8. The highest BCUT2D eigenvalue weighted by Crippen LogP contribution is 2.27. The van der Waals surface area contributed by atoms with E-state index in [1.807, 2.05) is 25.1 Å². The summed E-state index contributed by atoms with van der Waals surface area (Å²) in [6.45, 7) is 6.12. The number of hydrogen-bond donors (Lipinski definition) is 2. The molecular formula is C21H21FN4O. The molecule has 0 aliphatic carbocycles. The van der Waals surface area contributed by atoms with E-state index >= 15 is 0 Å². The number of carbonyl (C=O) groups is 1. The number of nitrogens with one attached hydrogen (secondary N) is 2. The summed E-state index contributed by atoms with van der Waals surface area (Å²) in [5.74, 6) is -0.188. The van der Waals surface area contributed by atoms with Gasteiger partial charge >= 0.3 is 0 Å². The molecule has 138 valence electrons. The van der Waals surface area contributed by atoms with Crippen LogP contribution in [0.15, 0.2) is 54.9 Å². The van der Waals surface area contributed by atoms with Crippen LogP contribution in [0.3, 0.4) is 0 Å². The SMILES string of the molecule is Cc1cccc(C(C)C)c1NC(=O)c1cnc(Nc2ccccc2F)nc1. The highest BCUT2D eigenvalue weighted by atomic mass is 19.1. The van der Waals surface area contributed by atoms with Crippen molar-refractivity contribution in [1.82, 2.24) is 9.97 Å². The molecule has 2 aromatic carbocycles. The predicted molar refractivity (Wildman–Crippen MR) is 105 cm³/mol. The second kappa shape index (κ2) is 7.95. The number of anilines is 3. The van der Waals surface area contributed by atoms with E-state index in [1.165, 1.54) is 18.5 Å². The maximum atomic E-state index is 13.7. The Hall–Kier alpha value is -3.28. The van der Waals surface area contributed by atoms with Crippen molar-refractivity contribution < 1.29 is 9.18 Å². The van der Waals surface area contributed by atoms with Crippen LogP contribution in [0.2, 0.25) is 0 Å². The number of benzene rings is 2. The molecule has 0 saturated heterocycles. The number of aryl methyl sites for hydroxylation is 1. The number of hydrogen-bond acceptors (Lipinski definition) is 4. The van der Waals surface area contributed by atoms with Crippen molar-refractivity contribution in [3.63, 3.8) is 0 Å². The zero-order valence-corrected chi connectivity index (χ0v) is 15.5. The molecule has 0 spiro atoms. The van der Waals surface area contributed by atoms with Gasteiger partial charge in [0.1, 0.15) is 5.82 Å². The lowest BCUT2D eigenvalue weighted by atomic mass is 9.98. The first kappa shape index (κ1) is 18.5. The summed E-state index contributed by atoms with van der Waals surface area (Å²) in [7, 11) is 0. The number of carbonyl (C=O) groups excluding carboxylic acids is 1. The van der Waals surface area contributed by atoms with Gasteiger partial charge in [-0.05, 0) is 36.1 Å². The van der Waals surface area contributed by atoms with Crippen molar-refractivity contribution in [2.75, 3.05) is 10.6 Å². The Labute approximate surface area is 157 Å². The molecule has 3 aromatic rings. The van der Waals surface area contributed by atoms with E-state index in [0.29, 0.717) is 5.56 Å². The van der Waals surface area contributed by atoms with Gasteiger partial charge in [0.15, 0.2) is 0 Å². The number of para-hydroxylation sites is 2.